The monoisotopic (exact) mass is 386 g/mol. The summed E-state index contributed by atoms with van der Waals surface area (Å²) in [5.74, 6) is -0.647. The molecule has 0 unspecified atom stereocenters. The minimum atomic E-state index is -4.15. The Bertz CT molecular complexity index is 809. The fraction of sp³-hybridized carbons (Fsp3) is 0.579. The Morgan fingerprint density at radius 3 is 1.96 bits per heavy atom. The van der Waals surface area contributed by atoms with Crippen LogP contribution in [0.2, 0.25) is 0 Å². The molecule has 0 atom stereocenters. The van der Waals surface area contributed by atoms with E-state index in [4.69, 9.17) is 0 Å². The van der Waals surface area contributed by atoms with E-state index in [0.717, 1.165) is 28.7 Å². The first kappa shape index (κ1) is 21.9. The van der Waals surface area contributed by atoms with Gasteiger partial charge in [0.1, 0.15) is 0 Å². The maximum Gasteiger partial charge on any atom is 0.253 e. The third kappa shape index (κ3) is 6.26. The second kappa shape index (κ2) is 8.99. The van der Waals surface area contributed by atoms with Crippen LogP contribution in [0.25, 0.3) is 0 Å². The highest BCUT2D eigenvalue weighted by Crippen LogP contribution is 2.19. The fourth-order valence-electron chi connectivity index (χ4n) is 2.91. The molecule has 0 bridgehead atoms. The predicted octanol–water partition coefficient (Wildman–Crippen LogP) is 4.04. The second-order valence-corrected chi connectivity index (χ2v) is 12.8. The molecule has 0 saturated carbocycles. The highest BCUT2D eigenvalue weighted by Gasteiger charge is 2.29. The van der Waals surface area contributed by atoms with Gasteiger partial charge in [-0.3, -0.25) is 0 Å². The van der Waals surface area contributed by atoms with Crippen LogP contribution in [0.4, 0.5) is 0 Å². The minimum Gasteiger partial charge on any atom is -0.213 e. The van der Waals surface area contributed by atoms with Crippen molar-refractivity contribution in [2.45, 2.75) is 60.3 Å². The lowest BCUT2D eigenvalue weighted by Crippen LogP contribution is -2.23. The van der Waals surface area contributed by atoms with Crippen LogP contribution in [-0.2, 0) is 24.2 Å². The first-order valence-corrected chi connectivity index (χ1v) is 12.5. The summed E-state index contributed by atoms with van der Waals surface area (Å²) in [4.78, 5) is 0. The maximum atomic E-state index is 12.3. The summed E-state index contributed by atoms with van der Waals surface area (Å²) in [7, 11) is -8.27. The quantitative estimate of drug-likeness (QED) is 0.365. The van der Waals surface area contributed by atoms with Crippen molar-refractivity contribution in [3.8, 4) is 0 Å². The average molecular weight is 387 g/mol. The van der Waals surface area contributed by atoms with Gasteiger partial charge in [0, 0.05) is 0 Å². The molecule has 1 aromatic carbocycles. The van der Waals surface area contributed by atoms with Crippen molar-refractivity contribution in [3.05, 3.63) is 46.0 Å². The average Bonchev–Trinajstić information content (AvgIpc) is 2.49. The van der Waals surface area contributed by atoms with Gasteiger partial charge >= 0.3 is 0 Å². The van der Waals surface area contributed by atoms with Crippen LogP contribution >= 0.6 is 0 Å². The zero-order valence-electron chi connectivity index (χ0n) is 15.9. The molecular weight excluding hydrogens is 356 g/mol. The first-order chi connectivity index (χ1) is 11.5. The Balaban J connectivity index is 2.74. The fourth-order valence-corrected chi connectivity index (χ4v) is 6.56. The molecule has 1 rings (SSSR count). The van der Waals surface area contributed by atoms with E-state index in [1.165, 1.54) is 5.57 Å². The van der Waals surface area contributed by atoms with Gasteiger partial charge in [0.25, 0.3) is 17.7 Å². The van der Waals surface area contributed by atoms with E-state index in [1.54, 1.807) is 0 Å². The van der Waals surface area contributed by atoms with Crippen molar-refractivity contribution in [2.24, 2.45) is 0 Å². The van der Waals surface area contributed by atoms with E-state index >= 15 is 0 Å². The van der Waals surface area contributed by atoms with Crippen molar-refractivity contribution in [1.82, 2.24) is 0 Å². The summed E-state index contributed by atoms with van der Waals surface area (Å²) in [5, 5.41) is 0. The van der Waals surface area contributed by atoms with Gasteiger partial charge in [-0.25, -0.2) is 16.8 Å². The van der Waals surface area contributed by atoms with E-state index in [-0.39, 0.29) is 17.9 Å². The van der Waals surface area contributed by atoms with Crippen LogP contribution in [-0.4, -0.2) is 28.3 Å². The molecule has 142 valence electrons. The third-order valence-corrected chi connectivity index (χ3v) is 10.1. The molecule has 0 heterocycles. The Labute approximate surface area is 152 Å². The molecule has 0 spiro atoms. The summed E-state index contributed by atoms with van der Waals surface area (Å²) in [6, 6.07) is 3.99. The van der Waals surface area contributed by atoms with Gasteiger partial charge in [-0.1, -0.05) is 29.3 Å². The summed E-state index contributed by atoms with van der Waals surface area (Å²) in [6.45, 7) is 9.77. The lowest BCUT2D eigenvalue weighted by atomic mass is 9.98. The first-order valence-electron chi connectivity index (χ1n) is 8.64. The van der Waals surface area contributed by atoms with Crippen LogP contribution in [0, 0.1) is 20.8 Å². The van der Waals surface area contributed by atoms with Crippen molar-refractivity contribution in [3.63, 3.8) is 0 Å². The van der Waals surface area contributed by atoms with Crippen molar-refractivity contribution in [1.29, 1.82) is 0 Å². The number of aryl methyl sites for hydroxylation is 3. The Morgan fingerprint density at radius 2 is 1.44 bits per heavy atom. The molecule has 0 amide bonds. The largest absolute Gasteiger partial charge is 0.253 e. The van der Waals surface area contributed by atoms with Gasteiger partial charge < -0.3 is 0 Å². The molecule has 25 heavy (non-hydrogen) atoms. The Morgan fingerprint density at radius 1 is 0.920 bits per heavy atom. The molecule has 0 aromatic heterocycles. The highest BCUT2D eigenvalue weighted by atomic mass is 33.2. The SMILES string of the molecule is CC=C(C)CCCCS(=O)(=O)S(=O)(=O)CCc1c(C)cc(C)cc1C. The number of unbranched alkanes of at least 4 members (excludes halogenated alkanes) is 1. The molecule has 0 N–H and O–H groups in total. The Hall–Kier alpha value is -1.14. The number of rotatable bonds is 9. The third-order valence-electron chi connectivity index (χ3n) is 4.54. The molecule has 4 nitrogen and oxygen atoms in total. The van der Waals surface area contributed by atoms with Gasteiger partial charge in [0.2, 0.25) is 0 Å². The number of hydrogen-bond acceptors (Lipinski definition) is 4. The van der Waals surface area contributed by atoms with Crippen molar-refractivity contribution >= 4 is 17.7 Å². The lowest BCUT2D eigenvalue weighted by Gasteiger charge is -2.12. The summed E-state index contributed by atoms with van der Waals surface area (Å²) < 4.78 is 49.0. The zero-order chi connectivity index (χ0) is 19.3. The van der Waals surface area contributed by atoms with Gasteiger partial charge in [-0.05, 0) is 77.0 Å². The molecule has 6 heteroatoms. The van der Waals surface area contributed by atoms with Gasteiger partial charge in [-0.2, -0.15) is 0 Å². The van der Waals surface area contributed by atoms with Gasteiger partial charge in [0.05, 0.1) is 11.5 Å². The topological polar surface area (TPSA) is 68.3 Å². The number of allylic oxidation sites excluding steroid dienone is 2. The zero-order valence-corrected chi connectivity index (χ0v) is 17.6. The van der Waals surface area contributed by atoms with E-state index in [0.29, 0.717) is 12.8 Å². The van der Waals surface area contributed by atoms with Crippen LogP contribution in [0.1, 0.15) is 55.4 Å². The maximum absolute atomic E-state index is 12.3. The van der Waals surface area contributed by atoms with Crippen molar-refractivity contribution < 1.29 is 16.8 Å². The normalized spacial score (nSPS) is 13.2. The highest BCUT2D eigenvalue weighted by molar-refractivity contribution is 8.67. The molecule has 0 aliphatic rings. The van der Waals surface area contributed by atoms with Crippen LogP contribution < -0.4 is 0 Å². The molecule has 1 aromatic rings. The molecule has 0 aliphatic heterocycles. The standard InChI is InChI=1S/C19H30O4S2/c1-6-15(2)9-7-8-11-24(20,21)25(22,23)12-10-19-17(4)13-16(3)14-18(19)5/h6,13-14H,7-12H2,1-5H3. The number of benzene rings is 1. The van der Waals surface area contributed by atoms with E-state index in [9.17, 15) is 16.8 Å². The van der Waals surface area contributed by atoms with Crippen LogP contribution in [0.5, 0.6) is 0 Å². The smallest absolute Gasteiger partial charge is 0.213 e. The summed E-state index contributed by atoms with van der Waals surface area (Å²) in [6.07, 6.45) is 4.07. The lowest BCUT2D eigenvalue weighted by molar-refractivity contribution is 0.579. The van der Waals surface area contributed by atoms with Crippen molar-refractivity contribution in [2.75, 3.05) is 11.5 Å². The summed E-state index contributed by atoms with van der Waals surface area (Å²) >= 11 is 0. The van der Waals surface area contributed by atoms with E-state index in [1.807, 2.05) is 52.8 Å². The Kier molecular flexibility index (Phi) is 7.88. The molecular formula is C19H30O4S2. The van der Waals surface area contributed by atoms with Crippen LogP contribution in [0.15, 0.2) is 23.8 Å². The van der Waals surface area contributed by atoms with E-state index < -0.39 is 17.7 Å². The van der Waals surface area contributed by atoms with Gasteiger partial charge in [-0.15, -0.1) is 0 Å². The van der Waals surface area contributed by atoms with E-state index in [2.05, 4.69) is 0 Å². The summed E-state index contributed by atoms with van der Waals surface area (Å²) in [5.41, 5.74) is 5.24. The second-order valence-electron chi connectivity index (χ2n) is 6.74. The number of hydrogen-bond donors (Lipinski definition) is 0. The molecule has 0 aliphatic carbocycles. The molecule has 0 saturated heterocycles. The molecule has 0 fully saturated rings. The predicted molar refractivity (Wildman–Crippen MR) is 105 cm³/mol. The molecule has 0 radical (unpaired) electrons. The van der Waals surface area contributed by atoms with Crippen LogP contribution in [0.3, 0.4) is 0 Å². The van der Waals surface area contributed by atoms with Gasteiger partial charge in [0.15, 0.2) is 0 Å². The minimum absolute atomic E-state index is 0.233.